The molecule has 0 amide bonds. The average Bonchev–Trinajstić information content (AvgIpc) is 3.12. The zero-order valence-corrected chi connectivity index (χ0v) is 20.2. The second kappa shape index (κ2) is 9.97. The highest BCUT2D eigenvalue weighted by Gasteiger charge is 2.56. The summed E-state index contributed by atoms with van der Waals surface area (Å²) in [7, 11) is 0. The summed E-state index contributed by atoms with van der Waals surface area (Å²) in [6.45, 7) is 6.58. The molecule has 0 saturated heterocycles. The minimum Gasteiger partial charge on any atom is -0.462 e. The van der Waals surface area contributed by atoms with Crippen LogP contribution >= 0.6 is 0 Å². The van der Waals surface area contributed by atoms with Crippen LogP contribution in [-0.4, -0.2) is 18.0 Å². The summed E-state index contributed by atoms with van der Waals surface area (Å²) in [6, 6.07) is 6.32. The first-order valence-electron chi connectivity index (χ1n) is 13.0. The Balaban J connectivity index is 1.44. The normalized spacial score (nSPS) is 30.7. The maximum atomic E-state index is 12.3. The Labute approximate surface area is 193 Å². The maximum Gasteiger partial charge on any atom is 0.311 e. The molecule has 0 bridgehead atoms. The molecule has 0 radical (unpaired) electrons. The highest BCUT2D eigenvalue weighted by atomic mass is 16.5. The fourth-order valence-corrected chi connectivity index (χ4v) is 6.81. The fourth-order valence-electron chi connectivity index (χ4n) is 6.81. The fraction of sp³-hybridized carbons (Fsp3) is 0.714. The lowest BCUT2D eigenvalue weighted by atomic mass is 9.55. The van der Waals surface area contributed by atoms with Crippen molar-refractivity contribution in [3.05, 3.63) is 29.3 Å². The quantitative estimate of drug-likeness (QED) is 0.332. The van der Waals surface area contributed by atoms with Crippen LogP contribution in [0.2, 0.25) is 0 Å². The number of aryl methyl sites for hydroxylation is 1. The average molecular weight is 441 g/mol. The van der Waals surface area contributed by atoms with Crippen molar-refractivity contribution < 1.29 is 19.1 Å². The number of hydrogen-bond donors (Lipinski definition) is 0. The predicted molar refractivity (Wildman–Crippen MR) is 126 cm³/mol. The summed E-state index contributed by atoms with van der Waals surface area (Å²) in [4.78, 5) is 24.4. The number of fused-ring (bicyclic) bond motifs is 5. The third kappa shape index (κ3) is 4.61. The second-order valence-electron chi connectivity index (χ2n) is 10.6. The number of benzene rings is 1. The molecule has 1 aromatic rings. The van der Waals surface area contributed by atoms with E-state index in [-0.39, 0.29) is 23.5 Å². The molecule has 32 heavy (non-hydrogen) atoms. The Kier molecular flexibility index (Phi) is 7.27. The summed E-state index contributed by atoms with van der Waals surface area (Å²) in [6.07, 6.45) is 11.7. The lowest BCUT2D eigenvalue weighted by Crippen LogP contribution is -2.45. The van der Waals surface area contributed by atoms with E-state index in [9.17, 15) is 9.59 Å². The molecule has 176 valence electrons. The Hall–Kier alpha value is -1.84. The zero-order valence-electron chi connectivity index (χ0n) is 20.2. The number of hydrogen-bond acceptors (Lipinski definition) is 4. The van der Waals surface area contributed by atoms with Crippen LogP contribution in [0, 0.1) is 17.3 Å². The van der Waals surface area contributed by atoms with E-state index in [1.807, 2.05) is 6.07 Å². The van der Waals surface area contributed by atoms with Crippen LogP contribution in [0.4, 0.5) is 0 Å². The van der Waals surface area contributed by atoms with Crippen molar-refractivity contribution in [1.82, 2.24) is 0 Å². The van der Waals surface area contributed by atoms with E-state index in [2.05, 4.69) is 32.9 Å². The van der Waals surface area contributed by atoms with E-state index in [0.29, 0.717) is 36.3 Å². The molecule has 4 rings (SSSR count). The monoisotopic (exact) mass is 440 g/mol. The molecule has 3 aliphatic carbocycles. The summed E-state index contributed by atoms with van der Waals surface area (Å²) in [5, 5.41) is 0. The van der Waals surface area contributed by atoms with Crippen LogP contribution < -0.4 is 4.74 Å². The van der Waals surface area contributed by atoms with Gasteiger partial charge in [0.15, 0.2) is 0 Å². The minimum absolute atomic E-state index is 0.00384. The first-order valence-corrected chi connectivity index (χ1v) is 13.0. The van der Waals surface area contributed by atoms with Crippen molar-refractivity contribution >= 4 is 11.9 Å². The van der Waals surface area contributed by atoms with Crippen molar-refractivity contribution in [2.24, 2.45) is 17.3 Å². The Morgan fingerprint density at radius 1 is 1.00 bits per heavy atom. The summed E-state index contributed by atoms with van der Waals surface area (Å²) in [5.74, 6) is 2.44. The van der Waals surface area contributed by atoms with Crippen molar-refractivity contribution in [3.63, 3.8) is 0 Å². The molecule has 4 nitrogen and oxygen atoms in total. The van der Waals surface area contributed by atoms with Gasteiger partial charge in [-0.05, 0) is 92.4 Å². The molecule has 5 atom stereocenters. The largest absolute Gasteiger partial charge is 0.462 e. The van der Waals surface area contributed by atoms with E-state index in [1.54, 1.807) is 0 Å². The van der Waals surface area contributed by atoms with Gasteiger partial charge in [0.2, 0.25) is 0 Å². The number of esters is 2. The van der Waals surface area contributed by atoms with Gasteiger partial charge in [0, 0.05) is 18.3 Å². The highest BCUT2D eigenvalue weighted by molar-refractivity contribution is 5.72. The zero-order chi connectivity index (χ0) is 22.7. The lowest BCUT2D eigenvalue weighted by Gasteiger charge is -2.50. The van der Waals surface area contributed by atoms with E-state index in [1.165, 1.54) is 24.0 Å². The number of rotatable bonds is 8. The van der Waals surface area contributed by atoms with E-state index in [4.69, 9.17) is 9.47 Å². The molecule has 0 unspecified atom stereocenters. The van der Waals surface area contributed by atoms with Gasteiger partial charge < -0.3 is 9.47 Å². The number of carbonyl (C=O) groups is 2. The Morgan fingerprint density at radius 3 is 2.50 bits per heavy atom. The van der Waals surface area contributed by atoms with Crippen molar-refractivity contribution in [1.29, 1.82) is 0 Å². The van der Waals surface area contributed by atoms with Gasteiger partial charge in [-0.3, -0.25) is 9.59 Å². The molecule has 0 heterocycles. The van der Waals surface area contributed by atoms with Gasteiger partial charge in [0.25, 0.3) is 0 Å². The van der Waals surface area contributed by atoms with Gasteiger partial charge in [-0.25, -0.2) is 0 Å². The van der Waals surface area contributed by atoms with Crippen LogP contribution in [0.25, 0.3) is 0 Å². The molecular weight excluding hydrogens is 400 g/mol. The lowest BCUT2D eigenvalue weighted by molar-refractivity contribution is -0.157. The van der Waals surface area contributed by atoms with Crippen LogP contribution in [-0.2, 0) is 20.7 Å². The number of carbonyl (C=O) groups excluding carboxylic acids is 2. The molecule has 0 N–H and O–H groups in total. The van der Waals surface area contributed by atoms with Crippen LogP contribution in [0.15, 0.2) is 18.2 Å². The third-order valence-electron chi connectivity index (χ3n) is 8.59. The summed E-state index contributed by atoms with van der Waals surface area (Å²) >= 11 is 0. The third-order valence-corrected chi connectivity index (χ3v) is 8.59. The molecule has 4 heteroatoms. The van der Waals surface area contributed by atoms with E-state index < -0.39 is 0 Å². The molecule has 3 aliphatic rings. The number of unbranched alkanes of at least 4 members (excludes halogenated alkanes) is 2. The molecule has 2 fully saturated rings. The SMILES string of the molecule is CCCCC(=O)Oc1ccc2c(c1)CC[C@@H]1[C@H]3CC[C@@H](OC(=O)CCCC)[C@]3(C)CC[C@@H]21. The minimum atomic E-state index is -0.126. The van der Waals surface area contributed by atoms with Crippen molar-refractivity contribution in [3.8, 4) is 5.75 Å². The summed E-state index contributed by atoms with van der Waals surface area (Å²) < 4.78 is 11.6. The van der Waals surface area contributed by atoms with Gasteiger partial charge >= 0.3 is 11.9 Å². The van der Waals surface area contributed by atoms with E-state index >= 15 is 0 Å². The highest BCUT2D eigenvalue weighted by Crippen LogP contribution is 2.61. The summed E-state index contributed by atoms with van der Waals surface area (Å²) in [5.41, 5.74) is 2.94. The maximum absolute atomic E-state index is 12.3. The van der Waals surface area contributed by atoms with Gasteiger partial charge in [-0.1, -0.05) is 39.7 Å². The molecule has 1 aromatic carbocycles. The van der Waals surface area contributed by atoms with Gasteiger partial charge in [-0.15, -0.1) is 0 Å². The predicted octanol–water partition coefficient (Wildman–Crippen LogP) is 6.74. The first kappa shape index (κ1) is 23.3. The molecule has 2 saturated carbocycles. The topological polar surface area (TPSA) is 52.6 Å². The van der Waals surface area contributed by atoms with Gasteiger partial charge in [-0.2, -0.15) is 0 Å². The van der Waals surface area contributed by atoms with Gasteiger partial charge in [0.05, 0.1) is 0 Å². The Morgan fingerprint density at radius 2 is 1.75 bits per heavy atom. The Bertz CT molecular complexity index is 831. The van der Waals surface area contributed by atoms with Crippen molar-refractivity contribution in [2.75, 3.05) is 0 Å². The molecule has 0 spiro atoms. The van der Waals surface area contributed by atoms with Crippen LogP contribution in [0.1, 0.15) is 108 Å². The van der Waals surface area contributed by atoms with Crippen molar-refractivity contribution in [2.45, 2.75) is 110 Å². The van der Waals surface area contributed by atoms with E-state index in [0.717, 1.165) is 51.4 Å². The second-order valence-corrected chi connectivity index (χ2v) is 10.6. The molecule has 0 aliphatic heterocycles. The first-order chi connectivity index (χ1) is 15.5. The van der Waals surface area contributed by atoms with Gasteiger partial charge in [0.1, 0.15) is 11.9 Å². The number of ether oxygens (including phenoxy) is 2. The molecule has 0 aromatic heterocycles. The van der Waals surface area contributed by atoms with Crippen LogP contribution in [0.3, 0.4) is 0 Å². The smallest absolute Gasteiger partial charge is 0.311 e. The standard InChI is InChI=1S/C28H40O4/c1-4-6-8-26(29)31-20-11-13-21-19(18-20)10-12-23-22(21)16-17-28(3)24(23)14-15-25(28)32-27(30)9-7-5-2/h11,13,18,22-25H,4-10,12,14-17H2,1-3H3/t22-,23-,24+,25+,28+/m0/s1. The van der Waals surface area contributed by atoms with Crippen LogP contribution in [0.5, 0.6) is 5.75 Å². The molecular formula is C28H40O4.